The first-order chi connectivity index (χ1) is 10.2. The second kappa shape index (κ2) is 4.70. The molecule has 2 heterocycles. The second-order valence-electron chi connectivity index (χ2n) is 5.26. The standard InChI is InChI=1S/C16H13NO3S/c18-16(19)10-5-3-7-13-14(10)17-15(21-13)12-8-9-4-1-2-6-11(9)20-12/h1-2,4,6,8,10H,3,5,7H2,(H,18,19). The summed E-state index contributed by atoms with van der Waals surface area (Å²) in [6, 6.07) is 9.79. The summed E-state index contributed by atoms with van der Waals surface area (Å²) in [7, 11) is 0. The Balaban J connectivity index is 1.81. The van der Waals surface area contributed by atoms with Gasteiger partial charge in [0, 0.05) is 10.3 Å². The van der Waals surface area contributed by atoms with Gasteiger partial charge in [0.1, 0.15) is 11.5 Å². The van der Waals surface area contributed by atoms with Crippen LogP contribution in [-0.4, -0.2) is 16.1 Å². The summed E-state index contributed by atoms with van der Waals surface area (Å²) in [5.41, 5.74) is 1.56. The van der Waals surface area contributed by atoms with E-state index in [1.807, 2.05) is 30.3 Å². The summed E-state index contributed by atoms with van der Waals surface area (Å²) in [5.74, 6) is -0.528. The molecular weight excluding hydrogens is 286 g/mol. The first kappa shape index (κ1) is 12.6. The fraction of sp³-hybridized carbons (Fsp3) is 0.250. The topological polar surface area (TPSA) is 63.3 Å². The van der Waals surface area contributed by atoms with Gasteiger partial charge in [-0.15, -0.1) is 11.3 Å². The maximum atomic E-state index is 11.3. The van der Waals surface area contributed by atoms with Crippen LogP contribution in [0.15, 0.2) is 34.7 Å². The van der Waals surface area contributed by atoms with Crippen LogP contribution in [0.1, 0.15) is 29.3 Å². The van der Waals surface area contributed by atoms with Gasteiger partial charge in [-0.1, -0.05) is 18.2 Å². The molecule has 0 amide bonds. The van der Waals surface area contributed by atoms with Crippen molar-refractivity contribution in [3.05, 3.63) is 40.9 Å². The predicted octanol–water partition coefficient (Wildman–Crippen LogP) is 4.06. The number of benzene rings is 1. The summed E-state index contributed by atoms with van der Waals surface area (Å²) in [5, 5.41) is 11.1. The molecule has 0 aliphatic heterocycles. The molecule has 1 atom stereocenters. The van der Waals surface area contributed by atoms with Gasteiger partial charge in [-0.3, -0.25) is 4.79 Å². The van der Waals surface area contributed by atoms with Gasteiger partial charge in [0.05, 0.1) is 5.69 Å². The lowest BCUT2D eigenvalue weighted by Crippen LogP contribution is -2.17. The zero-order chi connectivity index (χ0) is 14.4. The number of hydrogen-bond acceptors (Lipinski definition) is 4. The van der Waals surface area contributed by atoms with Gasteiger partial charge in [0.25, 0.3) is 0 Å². The zero-order valence-electron chi connectivity index (χ0n) is 11.2. The molecule has 3 aromatic rings. The number of aliphatic carboxylic acids is 1. The molecule has 1 aromatic carbocycles. The summed E-state index contributed by atoms with van der Waals surface area (Å²) < 4.78 is 5.83. The van der Waals surface area contributed by atoms with Crippen LogP contribution in [0.2, 0.25) is 0 Å². The molecule has 0 fully saturated rings. The number of fused-ring (bicyclic) bond motifs is 2. The number of carboxylic acid groups (broad SMARTS) is 1. The molecule has 1 aliphatic rings. The number of nitrogens with zero attached hydrogens (tertiary/aromatic N) is 1. The van der Waals surface area contributed by atoms with E-state index in [1.54, 1.807) is 11.3 Å². The molecular formula is C16H13NO3S. The van der Waals surface area contributed by atoms with E-state index >= 15 is 0 Å². The average molecular weight is 299 g/mol. The maximum Gasteiger partial charge on any atom is 0.312 e. The van der Waals surface area contributed by atoms with Gasteiger partial charge < -0.3 is 9.52 Å². The molecule has 5 heteroatoms. The highest BCUT2D eigenvalue weighted by Crippen LogP contribution is 2.39. The monoisotopic (exact) mass is 299 g/mol. The van der Waals surface area contributed by atoms with Crippen molar-refractivity contribution in [1.29, 1.82) is 0 Å². The van der Waals surface area contributed by atoms with Crippen molar-refractivity contribution in [2.24, 2.45) is 0 Å². The van der Waals surface area contributed by atoms with Crippen LogP contribution >= 0.6 is 11.3 Å². The molecule has 1 aliphatic carbocycles. The summed E-state index contributed by atoms with van der Waals surface area (Å²) in [4.78, 5) is 17.0. The molecule has 4 rings (SSSR count). The lowest BCUT2D eigenvalue weighted by Gasteiger charge is -2.16. The molecule has 0 bridgehead atoms. The van der Waals surface area contributed by atoms with Crippen LogP contribution < -0.4 is 0 Å². The molecule has 4 nitrogen and oxygen atoms in total. The van der Waals surface area contributed by atoms with Crippen LogP contribution in [0, 0.1) is 0 Å². The first-order valence-corrected chi connectivity index (χ1v) is 7.75. The minimum atomic E-state index is -0.780. The Kier molecular flexibility index (Phi) is 2.82. The van der Waals surface area contributed by atoms with E-state index in [0.29, 0.717) is 6.42 Å². The number of hydrogen-bond donors (Lipinski definition) is 1. The fourth-order valence-electron chi connectivity index (χ4n) is 2.85. The van der Waals surface area contributed by atoms with Crippen LogP contribution in [0.4, 0.5) is 0 Å². The molecule has 0 radical (unpaired) electrons. The molecule has 0 saturated heterocycles. The molecule has 1 unspecified atom stereocenters. The fourth-order valence-corrected chi connectivity index (χ4v) is 3.97. The minimum absolute atomic E-state index is 0.469. The Morgan fingerprint density at radius 1 is 1.38 bits per heavy atom. The van der Waals surface area contributed by atoms with E-state index in [-0.39, 0.29) is 0 Å². The van der Waals surface area contributed by atoms with E-state index in [1.165, 1.54) is 0 Å². The normalized spacial score (nSPS) is 17.8. The van der Waals surface area contributed by atoms with Crippen LogP contribution in [0.5, 0.6) is 0 Å². The van der Waals surface area contributed by atoms with Gasteiger partial charge in [-0.2, -0.15) is 0 Å². The molecule has 0 saturated carbocycles. The van der Waals surface area contributed by atoms with Gasteiger partial charge in [-0.25, -0.2) is 4.98 Å². The smallest absolute Gasteiger partial charge is 0.312 e. The number of aryl methyl sites for hydroxylation is 1. The molecule has 0 spiro atoms. The van der Waals surface area contributed by atoms with Crippen molar-refractivity contribution < 1.29 is 14.3 Å². The summed E-state index contributed by atoms with van der Waals surface area (Å²) >= 11 is 1.56. The van der Waals surface area contributed by atoms with Gasteiger partial charge >= 0.3 is 5.97 Å². The molecule has 1 N–H and O–H groups in total. The Bertz CT molecular complexity index is 800. The molecule has 21 heavy (non-hydrogen) atoms. The van der Waals surface area contributed by atoms with E-state index in [2.05, 4.69) is 4.98 Å². The Morgan fingerprint density at radius 2 is 2.24 bits per heavy atom. The van der Waals surface area contributed by atoms with Crippen LogP contribution in [-0.2, 0) is 11.2 Å². The Labute approximate surface area is 125 Å². The first-order valence-electron chi connectivity index (χ1n) is 6.94. The number of rotatable bonds is 2. The maximum absolute atomic E-state index is 11.3. The molecule has 106 valence electrons. The van der Waals surface area contributed by atoms with E-state index in [0.717, 1.165) is 45.1 Å². The van der Waals surface area contributed by atoms with Crippen molar-refractivity contribution in [1.82, 2.24) is 4.98 Å². The van der Waals surface area contributed by atoms with Crippen molar-refractivity contribution >= 4 is 28.3 Å². The van der Waals surface area contributed by atoms with Gasteiger partial charge in [0.15, 0.2) is 10.8 Å². The number of furan rings is 1. The van der Waals surface area contributed by atoms with Crippen molar-refractivity contribution in [2.45, 2.75) is 25.2 Å². The summed E-state index contributed by atoms with van der Waals surface area (Å²) in [6.45, 7) is 0. The average Bonchev–Trinajstić information content (AvgIpc) is 3.09. The second-order valence-corrected chi connectivity index (χ2v) is 6.34. The highest BCUT2D eigenvalue weighted by Gasteiger charge is 2.30. The number of thiazole rings is 1. The lowest BCUT2D eigenvalue weighted by atomic mass is 9.91. The van der Waals surface area contributed by atoms with Gasteiger partial charge in [0.2, 0.25) is 0 Å². The summed E-state index contributed by atoms with van der Waals surface area (Å²) in [6.07, 6.45) is 2.49. The Hall–Kier alpha value is -2.14. The van der Waals surface area contributed by atoms with E-state index in [9.17, 15) is 9.90 Å². The van der Waals surface area contributed by atoms with Gasteiger partial charge in [-0.05, 0) is 31.4 Å². The highest BCUT2D eigenvalue weighted by molar-refractivity contribution is 7.15. The SMILES string of the molecule is O=C(O)C1CCCc2sc(-c3cc4ccccc4o3)nc21. The lowest BCUT2D eigenvalue weighted by molar-refractivity contribution is -0.139. The van der Waals surface area contributed by atoms with Crippen LogP contribution in [0.25, 0.3) is 21.7 Å². The number of aromatic nitrogens is 1. The third-order valence-corrected chi connectivity index (χ3v) is 5.03. The largest absolute Gasteiger partial charge is 0.481 e. The third kappa shape index (κ3) is 2.05. The van der Waals surface area contributed by atoms with Crippen molar-refractivity contribution in [3.8, 4) is 10.8 Å². The van der Waals surface area contributed by atoms with Crippen LogP contribution in [0.3, 0.4) is 0 Å². The highest BCUT2D eigenvalue weighted by atomic mass is 32.1. The van der Waals surface area contributed by atoms with Crippen molar-refractivity contribution in [3.63, 3.8) is 0 Å². The molecule has 2 aromatic heterocycles. The number of para-hydroxylation sites is 1. The number of carbonyl (C=O) groups is 1. The Morgan fingerprint density at radius 3 is 3.05 bits per heavy atom. The van der Waals surface area contributed by atoms with Crippen molar-refractivity contribution in [2.75, 3.05) is 0 Å². The quantitative estimate of drug-likeness (QED) is 0.775. The predicted molar refractivity (Wildman–Crippen MR) is 80.6 cm³/mol. The minimum Gasteiger partial charge on any atom is -0.481 e. The van der Waals surface area contributed by atoms with E-state index < -0.39 is 11.9 Å². The number of carboxylic acids is 1. The zero-order valence-corrected chi connectivity index (χ0v) is 12.0. The van der Waals surface area contributed by atoms with E-state index in [4.69, 9.17) is 4.42 Å². The third-order valence-electron chi connectivity index (χ3n) is 3.89.